The number of rotatable bonds is 2. The zero-order valence-electron chi connectivity index (χ0n) is 9.72. The highest BCUT2D eigenvalue weighted by Crippen LogP contribution is 2.21. The average molecular weight is 283 g/mol. The third-order valence-corrected chi connectivity index (χ3v) is 3.99. The quantitative estimate of drug-likeness (QED) is 0.870. The normalized spacial score (nSPS) is 21.5. The third-order valence-electron chi connectivity index (χ3n) is 3.10. The van der Waals surface area contributed by atoms with E-state index in [0.29, 0.717) is 6.04 Å². The molecule has 1 heterocycles. The number of anilines is 1. The van der Waals surface area contributed by atoms with Gasteiger partial charge < -0.3 is 10.6 Å². The van der Waals surface area contributed by atoms with Crippen molar-refractivity contribution in [3.05, 3.63) is 28.2 Å². The van der Waals surface area contributed by atoms with E-state index in [9.17, 15) is 0 Å². The highest BCUT2D eigenvalue weighted by molar-refractivity contribution is 9.10. The van der Waals surface area contributed by atoms with Crippen LogP contribution in [0.15, 0.2) is 22.7 Å². The van der Waals surface area contributed by atoms with Crippen molar-refractivity contribution in [2.75, 3.05) is 18.4 Å². The fraction of sp³-hybridized carbons (Fsp3) is 0.538. The van der Waals surface area contributed by atoms with E-state index in [1.807, 2.05) is 0 Å². The Morgan fingerprint density at radius 1 is 1.31 bits per heavy atom. The first-order valence-corrected chi connectivity index (χ1v) is 6.78. The van der Waals surface area contributed by atoms with Crippen molar-refractivity contribution in [3.8, 4) is 0 Å². The zero-order valence-corrected chi connectivity index (χ0v) is 11.3. The minimum atomic E-state index is 0.621. The van der Waals surface area contributed by atoms with Crippen LogP contribution < -0.4 is 10.6 Å². The molecule has 3 heteroatoms. The second-order valence-corrected chi connectivity index (χ2v) is 5.34. The number of halogens is 1. The molecule has 2 nitrogen and oxygen atoms in total. The summed E-state index contributed by atoms with van der Waals surface area (Å²) in [6.07, 6.45) is 3.75. The Morgan fingerprint density at radius 3 is 3.00 bits per heavy atom. The first-order chi connectivity index (χ1) is 7.75. The number of benzene rings is 1. The van der Waals surface area contributed by atoms with Gasteiger partial charge in [0.1, 0.15) is 0 Å². The maximum Gasteiger partial charge on any atom is 0.0345 e. The largest absolute Gasteiger partial charge is 0.382 e. The minimum Gasteiger partial charge on any atom is -0.382 e. The first-order valence-electron chi connectivity index (χ1n) is 5.99. The van der Waals surface area contributed by atoms with Crippen molar-refractivity contribution in [1.29, 1.82) is 0 Å². The van der Waals surface area contributed by atoms with Crippen LogP contribution in [0.3, 0.4) is 0 Å². The zero-order chi connectivity index (χ0) is 11.4. The lowest BCUT2D eigenvalue weighted by atomic mass is 10.1. The van der Waals surface area contributed by atoms with Gasteiger partial charge in [-0.05, 0) is 63.0 Å². The van der Waals surface area contributed by atoms with Gasteiger partial charge in [-0.3, -0.25) is 0 Å². The monoisotopic (exact) mass is 282 g/mol. The molecule has 1 atom stereocenters. The molecular weight excluding hydrogens is 264 g/mol. The minimum absolute atomic E-state index is 0.621. The molecule has 1 fully saturated rings. The summed E-state index contributed by atoms with van der Waals surface area (Å²) in [6.45, 7) is 4.43. The van der Waals surface area contributed by atoms with Gasteiger partial charge in [0, 0.05) is 16.2 Å². The summed E-state index contributed by atoms with van der Waals surface area (Å²) in [7, 11) is 0. The fourth-order valence-corrected chi connectivity index (χ4v) is 2.38. The summed E-state index contributed by atoms with van der Waals surface area (Å²) in [6, 6.07) is 7.10. The third kappa shape index (κ3) is 3.22. The second kappa shape index (κ2) is 5.69. The topological polar surface area (TPSA) is 24.1 Å². The smallest absolute Gasteiger partial charge is 0.0345 e. The Kier molecular flexibility index (Phi) is 4.24. The van der Waals surface area contributed by atoms with Crippen molar-refractivity contribution >= 4 is 21.6 Å². The van der Waals surface area contributed by atoms with Gasteiger partial charge in [-0.2, -0.15) is 0 Å². The van der Waals surface area contributed by atoms with Crippen molar-refractivity contribution in [3.63, 3.8) is 0 Å². The molecule has 2 N–H and O–H groups in total. The van der Waals surface area contributed by atoms with Crippen LogP contribution in [0.1, 0.15) is 24.8 Å². The highest BCUT2D eigenvalue weighted by atomic mass is 79.9. The van der Waals surface area contributed by atoms with E-state index >= 15 is 0 Å². The molecule has 16 heavy (non-hydrogen) atoms. The van der Waals surface area contributed by atoms with Crippen molar-refractivity contribution in [2.24, 2.45) is 0 Å². The molecule has 0 radical (unpaired) electrons. The SMILES string of the molecule is Cc1cc(NC2CCCNCC2)ccc1Br. The summed E-state index contributed by atoms with van der Waals surface area (Å²) < 4.78 is 1.18. The Balaban J connectivity index is 1.99. The Labute approximate surface area is 106 Å². The van der Waals surface area contributed by atoms with Crippen LogP contribution in [0.2, 0.25) is 0 Å². The Hall–Kier alpha value is -0.540. The number of aryl methyl sites for hydroxylation is 1. The molecule has 0 aromatic heterocycles. The van der Waals surface area contributed by atoms with Gasteiger partial charge in [-0.1, -0.05) is 15.9 Å². The lowest BCUT2D eigenvalue weighted by molar-refractivity contribution is 0.637. The molecule has 0 spiro atoms. The molecule has 0 saturated carbocycles. The lowest BCUT2D eigenvalue weighted by Crippen LogP contribution is -2.21. The fourth-order valence-electron chi connectivity index (χ4n) is 2.13. The van der Waals surface area contributed by atoms with E-state index in [1.54, 1.807) is 0 Å². The Bertz CT molecular complexity index is 344. The molecule has 0 amide bonds. The molecule has 1 aromatic carbocycles. The summed E-state index contributed by atoms with van der Waals surface area (Å²) in [4.78, 5) is 0. The van der Waals surface area contributed by atoms with Crippen LogP contribution in [0.25, 0.3) is 0 Å². The van der Waals surface area contributed by atoms with Crippen molar-refractivity contribution < 1.29 is 0 Å². The lowest BCUT2D eigenvalue weighted by Gasteiger charge is -2.17. The second-order valence-electron chi connectivity index (χ2n) is 4.49. The maximum absolute atomic E-state index is 3.63. The summed E-state index contributed by atoms with van der Waals surface area (Å²) in [5.41, 5.74) is 2.53. The summed E-state index contributed by atoms with van der Waals surface area (Å²) in [5, 5.41) is 7.06. The van der Waals surface area contributed by atoms with E-state index in [-0.39, 0.29) is 0 Å². The van der Waals surface area contributed by atoms with E-state index < -0.39 is 0 Å². The number of nitrogens with one attached hydrogen (secondary N) is 2. The van der Waals surface area contributed by atoms with Crippen LogP contribution in [0, 0.1) is 6.92 Å². The summed E-state index contributed by atoms with van der Waals surface area (Å²) in [5.74, 6) is 0. The maximum atomic E-state index is 3.63. The number of hydrogen-bond acceptors (Lipinski definition) is 2. The van der Waals surface area contributed by atoms with E-state index in [2.05, 4.69) is 51.7 Å². The van der Waals surface area contributed by atoms with E-state index in [1.165, 1.54) is 35.0 Å². The van der Waals surface area contributed by atoms with Gasteiger partial charge in [0.05, 0.1) is 0 Å². The molecule has 1 saturated heterocycles. The summed E-state index contributed by atoms with van der Waals surface area (Å²) >= 11 is 3.53. The predicted molar refractivity (Wildman–Crippen MR) is 73.0 cm³/mol. The van der Waals surface area contributed by atoms with Gasteiger partial charge in [-0.15, -0.1) is 0 Å². The van der Waals surface area contributed by atoms with E-state index in [4.69, 9.17) is 0 Å². The molecule has 88 valence electrons. The van der Waals surface area contributed by atoms with Gasteiger partial charge in [0.25, 0.3) is 0 Å². The van der Waals surface area contributed by atoms with Crippen molar-refractivity contribution in [2.45, 2.75) is 32.2 Å². The van der Waals surface area contributed by atoms with Gasteiger partial charge in [0.15, 0.2) is 0 Å². The standard InChI is InChI=1S/C13H19BrN2/c1-10-9-12(4-5-13(10)14)16-11-3-2-7-15-8-6-11/h4-5,9,11,15-16H,2-3,6-8H2,1H3. The van der Waals surface area contributed by atoms with Crippen LogP contribution in [-0.4, -0.2) is 19.1 Å². The number of hydrogen-bond donors (Lipinski definition) is 2. The van der Waals surface area contributed by atoms with Gasteiger partial charge in [-0.25, -0.2) is 0 Å². The van der Waals surface area contributed by atoms with Crippen LogP contribution in [0.4, 0.5) is 5.69 Å². The molecule has 1 aliphatic rings. The molecule has 0 bridgehead atoms. The molecular formula is C13H19BrN2. The van der Waals surface area contributed by atoms with Gasteiger partial charge in [0.2, 0.25) is 0 Å². The van der Waals surface area contributed by atoms with Gasteiger partial charge >= 0.3 is 0 Å². The van der Waals surface area contributed by atoms with Crippen LogP contribution in [0.5, 0.6) is 0 Å². The van der Waals surface area contributed by atoms with Crippen LogP contribution >= 0.6 is 15.9 Å². The predicted octanol–water partition coefficient (Wildman–Crippen LogP) is 3.31. The molecule has 2 rings (SSSR count). The van der Waals surface area contributed by atoms with Crippen molar-refractivity contribution in [1.82, 2.24) is 5.32 Å². The average Bonchev–Trinajstić information content (AvgIpc) is 2.52. The first kappa shape index (κ1) is 11.9. The van der Waals surface area contributed by atoms with Crippen LogP contribution in [-0.2, 0) is 0 Å². The molecule has 1 aromatic rings. The molecule has 0 aliphatic carbocycles. The Morgan fingerprint density at radius 2 is 2.19 bits per heavy atom. The molecule has 1 aliphatic heterocycles. The van der Waals surface area contributed by atoms with E-state index in [0.717, 1.165) is 13.1 Å². The highest BCUT2D eigenvalue weighted by Gasteiger charge is 2.11. The molecule has 1 unspecified atom stereocenters.